The number of hydrogen-bond donors (Lipinski definition) is 8. The van der Waals surface area contributed by atoms with Crippen LogP contribution in [0.1, 0.15) is 158 Å². The highest BCUT2D eigenvalue weighted by molar-refractivity contribution is 6.39. The molecule has 1 saturated carbocycles. The van der Waals surface area contributed by atoms with Gasteiger partial charge in [-0.15, -0.1) is 0 Å². The van der Waals surface area contributed by atoms with Gasteiger partial charge in [0.2, 0.25) is 23.6 Å². The minimum Gasteiger partial charge on any atom is -0.480 e. The van der Waals surface area contributed by atoms with Crippen molar-refractivity contribution in [2.24, 2.45) is 35.3 Å². The number of fused-ring (bicyclic) bond motifs is 6. The van der Waals surface area contributed by atoms with Gasteiger partial charge in [0.1, 0.15) is 65.8 Å². The van der Waals surface area contributed by atoms with Crippen LogP contribution in [-0.2, 0) is 88.0 Å². The number of allylic oxidation sites excluding steroid dienone is 6. The maximum absolute atomic E-state index is 14.8. The van der Waals surface area contributed by atoms with Crippen molar-refractivity contribution in [3.63, 3.8) is 0 Å². The number of hydrogen-bond acceptors (Lipinski definition) is 31. The summed E-state index contributed by atoms with van der Waals surface area (Å²) in [5.41, 5.74) is 21.5. The number of carbonyl (C=O) groups is 9. The number of ketones is 3. The number of nitrogen functional groups attached to an aromatic ring is 1. The average molecular weight is 1850 g/mol. The number of anilines is 3. The largest absolute Gasteiger partial charge is 0.480 e. The van der Waals surface area contributed by atoms with E-state index >= 15 is 0 Å². The fraction of sp³-hybridized carbons (Fsp3) is 0.552. The molecule has 134 heavy (non-hydrogen) atoms. The lowest BCUT2D eigenvalue weighted by Crippen LogP contribution is -2.61. The molecule has 7 aliphatic rings. The molecule has 1 aromatic carbocycles. The molecule has 1 aliphatic carbocycles. The summed E-state index contributed by atoms with van der Waals surface area (Å²) in [6.45, 7) is 15.6. The number of nitrogens with zero attached hydrogens (tertiary/aromatic N) is 15. The Morgan fingerprint density at radius 3 is 2.28 bits per heavy atom. The fourth-order valence-electron chi connectivity index (χ4n) is 19.2. The number of pyridine rings is 1. The zero-order valence-electron chi connectivity index (χ0n) is 77.3. The van der Waals surface area contributed by atoms with Crippen molar-refractivity contribution in [1.29, 1.82) is 0 Å². The molecule has 14 rings (SSSR count). The first-order valence-electron chi connectivity index (χ1n) is 46.5. The van der Waals surface area contributed by atoms with E-state index in [1.54, 1.807) is 51.4 Å². The van der Waals surface area contributed by atoms with E-state index in [1.165, 1.54) is 43.7 Å². The van der Waals surface area contributed by atoms with Gasteiger partial charge in [0, 0.05) is 177 Å². The Labute approximate surface area is 777 Å². The highest BCUT2D eigenvalue weighted by Crippen LogP contribution is 2.40. The molecule has 10 N–H and O–H groups in total. The van der Waals surface area contributed by atoms with Crippen molar-refractivity contribution in [2.45, 2.75) is 218 Å². The number of benzene rings is 1. The summed E-state index contributed by atoms with van der Waals surface area (Å²) in [7, 11) is 3.03. The van der Waals surface area contributed by atoms with Crippen LogP contribution in [-0.4, -0.2) is 302 Å². The number of amides is 4. The van der Waals surface area contributed by atoms with Crippen LogP contribution in [0.5, 0.6) is 0 Å². The van der Waals surface area contributed by atoms with Gasteiger partial charge in [-0.05, 0) is 136 Å². The molecule has 38 nitrogen and oxygen atoms in total. The number of piperidine rings is 1. The van der Waals surface area contributed by atoms with Crippen LogP contribution >= 0.6 is 0 Å². The van der Waals surface area contributed by atoms with E-state index in [1.807, 2.05) is 78.2 Å². The molecule has 38 heteroatoms. The van der Waals surface area contributed by atoms with E-state index in [0.717, 1.165) is 43.8 Å². The average Bonchev–Trinajstić information content (AvgIpc) is 1.62. The summed E-state index contributed by atoms with van der Waals surface area (Å²) in [6.07, 6.45) is 17.8. The summed E-state index contributed by atoms with van der Waals surface area (Å²) < 4.78 is 37.9. The molecular formula is C96H125N19O19. The number of aliphatic hydroxyl groups excluding tert-OH is 2. The third-order valence-corrected chi connectivity index (χ3v) is 27.3. The second-order valence-corrected chi connectivity index (χ2v) is 36.7. The van der Waals surface area contributed by atoms with Crippen LogP contribution in [0.3, 0.4) is 0 Å². The summed E-state index contributed by atoms with van der Waals surface area (Å²) in [6, 6.07) is 6.73. The lowest BCUT2D eigenvalue weighted by molar-refractivity contribution is -0.265. The molecular weight excluding hydrogens is 1720 g/mol. The maximum atomic E-state index is 14.8. The lowest BCUT2D eigenvalue weighted by Gasteiger charge is -2.42. The number of nitrogens with two attached hydrogens (primary N) is 2. The number of alkyl carbamates (subject to hydrolysis) is 1. The van der Waals surface area contributed by atoms with E-state index in [-0.39, 0.29) is 100 Å². The number of aliphatic hydroxyl groups is 3. The molecule has 16 atom stereocenters. The summed E-state index contributed by atoms with van der Waals surface area (Å²) >= 11 is 0. The number of nitrogens with one attached hydrogen (secondary N) is 2. The summed E-state index contributed by atoms with van der Waals surface area (Å²) in [4.78, 5) is 171. The van der Waals surface area contributed by atoms with E-state index in [2.05, 4.69) is 67.1 Å². The fourth-order valence-corrected chi connectivity index (χ4v) is 19.2. The predicted octanol–water partition coefficient (Wildman–Crippen LogP) is 6.57. The normalized spacial score (nSPS) is 28.2. The van der Waals surface area contributed by atoms with Crippen molar-refractivity contribution >= 4 is 92.9 Å². The lowest BCUT2D eigenvalue weighted by atomic mass is 9.80. The van der Waals surface area contributed by atoms with E-state index < -0.39 is 132 Å². The van der Waals surface area contributed by atoms with Crippen molar-refractivity contribution in [3.05, 3.63) is 149 Å². The summed E-state index contributed by atoms with van der Waals surface area (Å²) in [5, 5.41) is 54.4. The molecule has 0 spiro atoms. The number of aromatic amines is 1. The van der Waals surface area contributed by atoms with Crippen LogP contribution in [0.4, 0.5) is 22.5 Å². The highest BCUT2D eigenvalue weighted by Gasteiger charge is 2.54. The van der Waals surface area contributed by atoms with Gasteiger partial charge < -0.3 is 95.1 Å². The summed E-state index contributed by atoms with van der Waals surface area (Å²) in [5.74, 6) is -10.2. The van der Waals surface area contributed by atoms with Gasteiger partial charge in [0.25, 0.3) is 17.6 Å². The zero-order valence-corrected chi connectivity index (χ0v) is 77.3. The Kier molecular flexibility index (Phi) is 32.7. The van der Waals surface area contributed by atoms with Crippen LogP contribution in [0, 0.1) is 29.6 Å². The Balaban J connectivity index is 0.510. The van der Waals surface area contributed by atoms with Gasteiger partial charge >= 0.3 is 18.0 Å². The molecule has 12 heterocycles. The quantitative estimate of drug-likeness (QED) is 0.0163. The van der Waals surface area contributed by atoms with E-state index in [0.29, 0.717) is 156 Å². The van der Waals surface area contributed by atoms with Gasteiger partial charge in [0.15, 0.2) is 11.4 Å². The number of esters is 1. The van der Waals surface area contributed by atoms with E-state index in [4.69, 9.17) is 45.0 Å². The SMILES string of the molecule is CO[C@H]1C[C@@H]2CC[C@@H](C)[C@@](O)(O2)C(=O)C(=O)N2CCCC[C@H]2C(=O)O[C@H]([C@H](N)C[C@@H]2CC[C@@H](OC(=O)NCc3cnc(N4CCN(C(=O)CCOCCN5CCN(c6ncc(C(=O)N7CCc8cc(Cn9nc(-c%10cnc%11[nH]ccc%11c%10)c%10c(N)ncnc%109)ccc8C7)cn6)CC5)[C@@H](C(=O)O)C4)nc3)[C@H](OC)C2)CC(=O)[C@H](C)/C=C(\C)[C@@H](O)[C@@H](O)C(=O)[C@H](C)C[C@H](C)/C=C/C=C/C=C/1C. The second-order valence-electron chi connectivity index (χ2n) is 36.7. The minimum absolute atomic E-state index is 0.0208. The third-order valence-electron chi connectivity index (χ3n) is 27.3. The molecule has 4 saturated heterocycles. The van der Waals surface area contributed by atoms with E-state index in [9.17, 15) is 63.6 Å². The van der Waals surface area contributed by atoms with Crippen molar-refractivity contribution in [1.82, 2.24) is 74.6 Å². The van der Waals surface area contributed by atoms with Gasteiger partial charge in [-0.2, -0.15) is 5.10 Å². The second kappa shape index (κ2) is 44.6. The molecule has 2 bridgehead atoms. The third kappa shape index (κ3) is 23.6. The maximum Gasteiger partial charge on any atom is 0.407 e. The monoisotopic (exact) mass is 1850 g/mol. The van der Waals surface area contributed by atoms with Gasteiger partial charge in [-0.25, -0.2) is 54.0 Å². The van der Waals surface area contributed by atoms with Crippen LogP contribution < -0.4 is 26.6 Å². The number of carboxylic acids is 1. The molecule has 7 aromatic rings. The number of aliphatic carboxylic acids is 1. The number of Topliss-reactive ketones (excluding diaryl/α,β-unsaturated/α-hetero) is 3. The first-order valence-corrected chi connectivity index (χ1v) is 46.5. The molecule has 6 aromatic heterocycles. The van der Waals surface area contributed by atoms with Gasteiger partial charge in [-0.3, -0.25) is 33.7 Å². The number of cyclic esters (lactones) is 1. The highest BCUT2D eigenvalue weighted by atomic mass is 16.6. The number of rotatable bonds is 21. The Hall–Kier alpha value is -11.8. The van der Waals surface area contributed by atoms with Gasteiger partial charge in [-0.1, -0.05) is 82.4 Å². The molecule has 718 valence electrons. The first-order chi connectivity index (χ1) is 64.4. The molecule has 5 fully saturated rings. The number of methoxy groups -OCH3 is 2. The van der Waals surface area contributed by atoms with Crippen LogP contribution in [0.25, 0.3) is 33.3 Å². The van der Waals surface area contributed by atoms with Crippen molar-refractivity contribution in [2.75, 3.05) is 108 Å². The number of ether oxygens (including phenoxy) is 6. The first kappa shape index (κ1) is 98.3. The number of carbonyl (C=O) groups excluding carboxylic acids is 8. The van der Waals surface area contributed by atoms with Crippen molar-refractivity contribution in [3.8, 4) is 11.3 Å². The Bertz CT molecular complexity index is 5490. The predicted molar refractivity (Wildman–Crippen MR) is 493 cm³/mol. The number of aromatic nitrogens is 10. The molecule has 6 aliphatic heterocycles. The number of H-pyrrole nitrogens is 1. The minimum atomic E-state index is -2.53. The van der Waals surface area contributed by atoms with Crippen LogP contribution in [0.2, 0.25) is 0 Å². The number of piperazine rings is 2. The zero-order chi connectivity index (χ0) is 95.2. The Morgan fingerprint density at radius 2 is 1.51 bits per heavy atom. The molecule has 0 unspecified atom stereocenters. The van der Waals surface area contributed by atoms with Gasteiger partial charge in [0.05, 0.1) is 62.0 Å². The topological polar surface area (TPSA) is 497 Å². The number of carboxylic acid groups (broad SMARTS) is 1. The van der Waals surface area contributed by atoms with Crippen molar-refractivity contribution < 1.29 is 92.0 Å². The standard InChI is InChI=1S/C96H125N19O19/c1-56-14-10-9-11-15-57(2)76(129-7)44-70-21-17-61(6)96(128,134-70)85(121)90(123)114-27-13-12-16-72(114)92(126)132-77(45-74(116)58(3)39-60(5)83(119)84(120)82(118)59(4)38-56)71(97)41-62-19-22-75(78(42-62)130-8)133-95(127)105-48-64-46-101-94(102-47-64)112-33-34-113(73(54-112)91(124)125)79(117)25-36-131-37-35-109-29-31-110(32-30-109)93-103-50-69(51-104-93)89(122)111-28-24-65-40-63(18-20-67(65)53-111)52-115-88-80(86(98)106-55-107-88)81(108-115)68-43-66-23-26-99-87(66)100-49-68/h9-11,14-15,18,20,23,26,39-40,43,46-47,49-51,55-56,58-59,61-62,70-73,75-78,83-84,119-120,128H,12-13,16-17,19,21-22,24-25,27-38,41-42,44-45,48,52-54,97H2,1-8H3,(H,99,100)(H,105,127)(H,124,125)(H2,98,106,107)/b11-9+,14-10+,57-15+,60-39+/t56-,58-,59-,61-,62+,70+,71-,72+,73-,75-,76+,77+,78-,83-,84+,96-/m1/s1. The van der Waals surface area contributed by atoms with Crippen LogP contribution in [0.15, 0.2) is 121 Å². The Morgan fingerprint density at radius 1 is 0.754 bits per heavy atom. The molecule has 4 amide bonds. The smallest absolute Gasteiger partial charge is 0.407 e. The molecule has 0 radical (unpaired) electrons.